The first-order valence-electron chi connectivity index (χ1n) is 39.8. The lowest BCUT2D eigenvalue weighted by molar-refractivity contribution is 1.33. The van der Waals surface area contributed by atoms with Crippen LogP contribution in [0.25, 0.3) is 229 Å². The number of fused-ring (bicyclic) bond motifs is 20. The molecule has 116 heavy (non-hydrogen) atoms. The van der Waals surface area contributed by atoms with Gasteiger partial charge in [-0.2, -0.15) is 0 Å². The van der Waals surface area contributed by atoms with E-state index in [-0.39, 0.29) is 0 Å². The minimum Gasteiger partial charge on any atom is -0.264 e. The molecule has 0 saturated carbocycles. The highest BCUT2D eigenvalue weighted by atomic mass is 14.7. The van der Waals surface area contributed by atoms with Gasteiger partial charge in [-0.05, 0) is 245 Å². The average Bonchev–Trinajstić information content (AvgIpc) is 0.745. The van der Waals surface area contributed by atoms with Crippen molar-refractivity contribution in [2.24, 2.45) is 0 Å². The lowest BCUT2D eigenvalue weighted by atomic mass is 9.87. The molecule has 0 atom stereocenters. The first-order chi connectivity index (χ1) is 57.6. The summed E-state index contributed by atoms with van der Waals surface area (Å²) in [5.41, 5.74) is 17.7. The van der Waals surface area contributed by atoms with E-state index in [1.165, 1.54) is 201 Å². The first-order valence-corrected chi connectivity index (χ1v) is 39.8. The van der Waals surface area contributed by atoms with Crippen molar-refractivity contribution in [1.82, 2.24) is 15.0 Å². The summed E-state index contributed by atoms with van der Waals surface area (Å²) in [5, 5.41) is 33.9. The summed E-state index contributed by atoms with van der Waals surface area (Å²) < 4.78 is 0. The van der Waals surface area contributed by atoms with Crippen LogP contribution in [0.15, 0.2) is 431 Å². The zero-order valence-electron chi connectivity index (χ0n) is 63.3. The van der Waals surface area contributed by atoms with Gasteiger partial charge >= 0.3 is 0 Å². The zero-order chi connectivity index (χ0) is 76.6. The van der Waals surface area contributed by atoms with Gasteiger partial charge in [0.1, 0.15) is 0 Å². The van der Waals surface area contributed by atoms with Crippen molar-refractivity contribution >= 4 is 151 Å². The van der Waals surface area contributed by atoms with Crippen molar-refractivity contribution in [1.29, 1.82) is 0 Å². The third-order valence-electron chi connectivity index (χ3n) is 23.9. The summed E-state index contributed by atoms with van der Waals surface area (Å²) in [4.78, 5) is 14.7. The monoisotopic (exact) mass is 1470 g/mol. The van der Waals surface area contributed by atoms with Gasteiger partial charge in [0.15, 0.2) is 0 Å². The highest BCUT2D eigenvalue weighted by Crippen LogP contribution is 2.48. The van der Waals surface area contributed by atoms with E-state index in [0.717, 1.165) is 27.9 Å². The summed E-state index contributed by atoms with van der Waals surface area (Å²) >= 11 is 0. The van der Waals surface area contributed by atoms with Gasteiger partial charge in [-0.1, -0.05) is 352 Å². The van der Waals surface area contributed by atoms with Gasteiger partial charge in [0, 0.05) is 52.3 Å². The molecule has 0 unspecified atom stereocenters. The van der Waals surface area contributed by atoms with Crippen molar-refractivity contribution in [3.63, 3.8) is 0 Å². The molecule has 21 aromatic carbocycles. The molecular formula is C113H71N3. The van der Waals surface area contributed by atoms with Gasteiger partial charge in [-0.25, -0.2) is 0 Å². The fourth-order valence-electron chi connectivity index (χ4n) is 18.6. The molecule has 0 saturated heterocycles. The molecular weight excluding hydrogens is 1400 g/mol. The largest absolute Gasteiger partial charge is 0.264 e. The van der Waals surface area contributed by atoms with Crippen LogP contribution in [-0.2, 0) is 0 Å². The quantitative estimate of drug-likeness (QED) is 0.149. The minimum absolute atomic E-state index is 0.981. The van der Waals surface area contributed by atoms with E-state index < -0.39 is 0 Å². The Bertz CT molecular complexity index is 7470. The van der Waals surface area contributed by atoms with Crippen LogP contribution in [0.2, 0.25) is 0 Å². The van der Waals surface area contributed by atoms with Crippen LogP contribution >= 0.6 is 0 Å². The van der Waals surface area contributed by atoms with Gasteiger partial charge in [0.05, 0.1) is 11.2 Å². The molecule has 538 valence electrons. The molecule has 3 heterocycles. The molecule has 3 nitrogen and oxygen atoms in total. The van der Waals surface area contributed by atoms with E-state index in [1.54, 1.807) is 0 Å². The number of benzene rings is 21. The maximum Gasteiger partial charge on any atom is 0.0786 e. The third-order valence-corrected chi connectivity index (χ3v) is 23.9. The van der Waals surface area contributed by atoms with Crippen LogP contribution in [0.3, 0.4) is 0 Å². The van der Waals surface area contributed by atoms with Crippen molar-refractivity contribution < 1.29 is 0 Å². The Kier molecular flexibility index (Phi) is 16.6. The average molecular weight is 1470 g/mol. The molecule has 0 spiro atoms. The second-order valence-corrected chi connectivity index (χ2v) is 30.3. The summed E-state index contributed by atoms with van der Waals surface area (Å²) in [6, 6.07) is 147. The Morgan fingerprint density at radius 2 is 0.414 bits per heavy atom. The predicted octanol–water partition coefficient (Wildman–Crippen LogP) is 31.1. The molecule has 0 amide bonds. The standard InChI is InChI=1S/C39H25N.2C37H23N/c1-2-12-26(13-3-1)35-24-39(37-23-28-15-5-7-17-30(28)32-19-9-11-21-34(32)37)40-25-38(35)36-22-27-14-4-6-16-29(27)31-18-8-10-20-33(31)36;1-3-12-26-24(10-1)22-35(30-16-7-5-14-28(26)30)32-19-20-34(37-33(32)18-9-21-38-37)36-23-25-11-2-4-13-27(25)29-15-6-8-17-31(29)36;1-3-11-26-24(9-1)21-35(30-15-7-5-13-28(26)30)32-17-18-33(37-23-38-20-19-34(32)37)36-22-25-10-2-4-12-27(25)29-14-6-8-16-31(29)36/h1-25H;2*1-23H. The van der Waals surface area contributed by atoms with Crippen LogP contribution in [0, 0.1) is 0 Å². The van der Waals surface area contributed by atoms with Gasteiger partial charge in [0.25, 0.3) is 0 Å². The summed E-state index contributed by atoms with van der Waals surface area (Å²) in [5.74, 6) is 0. The van der Waals surface area contributed by atoms with Crippen LogP contribution in [0.5, 0.6) is 0 Å². The van der Waals surface area contributed by atoms with Crippen LogP contribution in [0.1, 0.15) is 0 Å². The Morgan fingerprint density at radius 1 is 0.138 bits per heavy atom. The molecule has 0 aliphatic heterocycles. The predicted molar refractivity (Wildman–Crippen MR) is 496 cm³/mol. The van der Waals surface area contributed by atoms with Crippen molar-refractivity contribution in [3.8, 4) is 78.0 Å². The lowest BCUT2D eigenvalue weighted by Crippen LogP contribution is -1.93. The van der Waals surface area contributed by atoms with E-state index in [2.05, 4.69) is 418 Å². The maximum atomic E-state index is 5.16. The summed E-state index contributed by atoms with van der Waals surface area (Å²) in [7, 11) is 0. The smallest absolute Gasteiger partial charge is 0.0786 e. The Morgan fingerprint density at radius 3 is 0.802 bits per heavy atom. The Labute approximate surface area is 670 Å². The number of pyridine rings is 3. The van der Waals surface area contributed by atoms with Crippen LogP contribution in [-0.4, -0.2) is 15.0 Å². The lowest BCUT2D eigenvalue weighted by Gasteiger charge is -2.17. The number of aromatic nitrogens is 3. The topological polar surface area (TPSA) is 38.7 Å². The number of rotatable bonds is 7. The maximum absolute atomic E-state index is 5.16. The number of nitrogens with zero attached hydrogens (tertiary/aromatic N) is 3. The van der Waals surface area contributed by atoms with Crippen molar-refractivity contribution in [3.05, 3.63) is 431 Å². The molecule has 3 heteroatoms. The Balaban J connectivity index is 0.000000106. The van der Waals surface area contributed by atoms with Gasteiger partial charge in [-0.3, -0.25) is 15.0 Å². The normalized spacial score (nSPS) is 11.6. The zero-order valence-corrected chi connectivity index (χ0v) is 63.3. The number of hydrogen-bond acceptors (Lipinski definition) is 3. The van der Waals surface area contributed by atoms with E-state index in [1.807, 2.05) is 18.6 Å². The van der Waals surface area contributed by atoms with Gasteiger partial charge in [-0.15, -0.1) is 0 Å². The molecule has 0 N–H and O–H groups in total. The molecule has 24 rings (SSSR count). The molecule has 0 radical (unpaired) electrons. The number of hydrogen-bond donors (Lipinski definition) is 0. The summed E-state index contributed by atoms with van der Waals surface area (Å²) in [6.45, 7) is 0. The highest BCUT2D eigenvalue weighted by Gasteiger charge is 2.22. The molecule has 24 aromatic rings. The van der Waals surface area contributed by atoms with Crippen molar-refractivity contribution in [2.45, 2.75) is 0 Å². The van der Waals surface area contributed by atoms with E-state index in [9.17, 15) is 0 Å². The molecule has 3 aromatic heterocycles. The fraction of sp³-hybridized carbons (Fsp3) is 0. The second-order valence-electron chi connectivity index (χ2n) is 30.3. The Hall–Kier alpha value is -15.3. The summed E-state index contributed by atoms with van der Waals surface area (Å²) in [6.07, 6.45) is 7.94. The van der Waals surface area contributed by atoms with E-state index in [4.69, 9.17) is 9.97 Å². The highest BCUT2D eigenvalue weighted by molar-refractivity contribution is 6.24. The van der Waals surface area contributed by atoms with Crippen LogP contribution in [0.4, 0.5) is 0 Å². The fourth-order valence-corrected chi connectivity index (χ4v) is 18.6. The van der Waals surface area contributed by atoms with E-state index >= 15 is 0 Å². The SMILES string of the molecule is c1ccc(-c2cc(-c3cc4ccccc4c4ccccc34)ncc2-c2cc3ccccc3c3ccccc23)cc1.c1ccc2c(c1)cc(-c1ccc(-c3cc4ccccc4c4ccccc34)c3cnccc13)c1ccccc12.c1ccc2c(c1)cc(-c1ccc(-c3cc4ccccc4c4ccccc34)c3ncccc13)c1ccccc12. The van der Waals surface area contributed by atoms with Gasteiger partial charge < -0.3 is 0 Å². The van der Waals surface area contributed by atoms with Crippen LogP contribution < -0.4 is 0 Å². The molecule has 0 fully saturated rings. The first kappa shape index (κ1) is 67.6. The molecule has 0 bridgehead atoms. The van der Waals surface area contributed by atoms with Crippen molar-refractivity contribution in [2.75, 3.05) is 0 Å². The second kappa shape index (κ2) is 28.5. The van der Waals surface area contributed by atoms with Gasteiger partial charge in [0.2, 0.25) is 0 Å². The molecule has 0 aliphatic rings. The minimum atomic E-state index is 0.981. The van der Waals surface area contributed by atoms with E-state index in [0.29, 0.717) is 0 Å². The molecule has 0 aliphatic carbocycles. The third kappa shape index (κ3) is 11.5.